The van der Waals surface area contributed by atoms with Crippen LogP contribution in [0, 0.1) is 0 Å². The Hall–Kier alpha value is -1.58. The highest BCUT2D eigenvalue weighted by Gasteiger charge is 2.06. The molecule has 0 radical (unpaired) electrons. The maximum Gasteiger partial charge on any atom is 0.216 e. The van der Waals surface area contributed by atoms with Crippen molar-refractivity contribution < 1.29 is 4.74 Å². The Morgan fingerprint density at radius 3 is 2.79 bits per heavy atom. The molecular weight excluding hydrogens is 266 g/mol. The van der Waals surface area contributed by atoms with Gasteiger partial charge in [0.2, 0.25) is 5.16 Å². The van der Waals surface area contributed by atoms with Crippen molar-refractivity contribution in [1.82, 2.24) is 35.5 Å². The van der Waals surface area contributed by atoms with Crippen LogP contribution in [0.25, 0.3) is 0 Å². The maximum atomic E-state index is 4.95. The van der Waals surface area contributed by atoms with E-state index in [2.05, 4.69) is 30.8 Å². The van der Waals surface area contributed by atoms with Crippen molar-refractivity contribution in [3.63, 3.8) is 0 Å². The number of rotatable bonds is 7. The normalized spacial score (nSPS) is 10.8. The van der Waals surface area contributed by atoms with Crippen LogP contribution in [0.3, 0.4) is 0 Å². The molecule has 2 aromatic rings. The number of methoxy groups -OCH3 is 1. The van der Waals surface area contributed by atoms with Gasteiger partial charge in [0.15, 0.2) is 5.16 Å². The van der Waals surface area contributed by atoms with E-state index in [1.807, 2.05) is 0 Å². The first-order chi connectivity index (χ1) is 9.29. The van der Waals surface area contributed by atoms with Gasteiger partial charge >= 0.3 is 0 Å². The van der Waals surface area contributed by atoms with Crippen LogP contribution < -0.4 is 5.32 Å². The summed E-state index contributed by atoms with van der Waals surface area (Å²) in [5, 5.41) is 15.7. The Kier molecular flexibility index (Phi) is 5.19. The summed E-state index contributed by atoms with van der Waals surface area (Å²) in [6, 6.07) is 0. The molecule has 0 saturated heterocycles. The van der Waals surface area contributed by atoms with Crippen molar-refractivity contribution in [2.75, 3.05) is 20.3 Å². The molecule has 2 aromatic heterocycles. The van der Waals surface area contributed by atoms with Crippen LogP contribution >= 0.6 is 11.8 Å². The maximum absolute atomic E-state index is 4.95. The molecule has 9 heteroatoms. The zero-order chi connectivity index (χ0) is 13.5. The lowest BCUT2D eigenvalue weighted by Crippen LogP contribution is -2.18. The average molecular weight is 281 g/mol. The third-order valence-electron chi connectivity index (χ3n) is 2.26. The van der Waals surface area contributed by atoms with Crippen LogP contribution in [-0.4, -0.2) is 50.4 Å². The molecule has 19 heavy (non-hydrogen) atoms. The Balaban J connectivity index is 1.86. The molecule has 0 aliphatic carbocycles. The molecule has 2 rings (SSSR count). The summed E-state index contributed by atoms with van der Waals surface area (Å²) in [6.45, 7) is 2.21. The number of hydrogen-bond acceptors (Lipinski definition) is 8. The fourth-order valence-corrected chi connectivity index (χ4v) is 1.90. The summed E-state index contributed by atoms with van der Waals surface area (Å²) in [5.41, 5.74) is 1.02. The number of ether oxygens (including phenoxy) is 1. The van der Waals surface area contributed by atoms with Gasteiger partial charge in [-0.15, -0.1) is 5.10 Å². The molecule has 0 aliphatic heterocycles. The van der Waals surface area contributed by atoms with Gasteiger partial charge in [0.05, 0.1) is 6.61 Å². The number of hydrogen-bond donors (Lipinski definition) is 1. The first kappa shape index (κ1) is 13.8. The van der Waals surface area contributed by atoms with Gasteiger partial charge < -0.3 is 10.1 Å². The Morgan fingerprint density at radius 1 is 1.37 bits per heavy atom. The van der Waals surface area contributed by atoms with E-state index in [9.17, 15) is 0 Å². The lowest BCUT2D eigenvalue weighted by atomic mass is 10.3. The quantitative estimate of drug-likeness (QED) is 0.555. The molecule has 0 spiro atoms. The van der Waals surface area contributed by atoms with Crippen molar-refractivity contribution in [2.45, 2.75) is 16.9 Å². The minimum absolute atomic E-state index is 0.624. The number of aryl methyl sites for hydroxylation is 1. The van der Waals surface area contributed by atoms with Crippen molar-refractivity contribution in [3.8, 4) is 0 Å². The van der Waals surface area contributed by atoms with Crippen LogP contribution in [0.1, 0.15) is 5.56 Å². The first-order valence-corrected chi connectivity index (χ1v) is 6.52. The lowest BCUT2D eigenvalue weighted by Gasteiger charge is -2.04. The number of tetrazole rings is 1. The van der Waals surface area contributed by atoms with Gasteiger partial charge in [0.25, 0.3) is 0 Å². The molecule has 0 fully saturated rings. The summed E-state index contributed by atoms with van der Waals surface area (Å²) in [7, 11) is 3.45. The van der Waals surface area contributed by atoms with Crippen molar-refractivity contribution in [3.05, 3.63) is 18.0 Å². The predicted molar refractivity (Wildman–Crippen MR) is 68.5 cm³/mol. The second kappa shape index (κ2) is 7.12. The molecule has 8 nitrogen and oxygen atoms in total. The topological polar surface area (TPSA) is 90.6 Å². The lowest BCUT2D eigenvalue weighted by molar-refractivity contribution is 0.199. The van der Waals surface area contributed by atoms with Gasteiger partial charge in [-0.25, -0.2) is 14.6 Å². The van der Waals surface area contributed by atoms with Crippen LogP contribution in [0.2, 0.25) is 0 Å². The van der Waals surface area contributed by atoms with Gasteiger partial charge in [-0.2, -0.15) is 0 Å². The molecule has 0 atom stereocenters. The van der Waals surface area contributed by atoms with Gasteiger partial charge in [-0.3, -0.25) is 0 Å². The second-order valence-electron chi connectivity index (χ2n) is 3.73. The molecular formula is C10H15N7OS. The second-order valence-corrected chi connectivity index (χ2v) is 4.67. The fourth-order valence-electron chi connectivity index (χ4n) is 1.28. The largest absolute Gasteiger partial charge is 0.383 e. The molecule has 0 amide bonds. The predicted octanol–water partition coefficient (Wildman–Crippen LogP) is -0.113. The van der Waals surface area contributed by atoms with E-state index in [1.165, 1.54) is 11.8 Å². The van der Waals surface area contributed by atoms with E-state index in [4.69, 9.17) is 4.74 Å². The van der Waals surface area contributed by atoms with Gasteiger partial charge in [-0.05, 0) is 22.2 Å². The van der Waals surface area contributed by atoms with Crippen LogP contribution in [0.15, 0.2) is 22.7 Å². The Labute approximate surface area is 115 Å². The Bertz CT molecular complexity index is 501. The average Bonchev–Trinajstić information content (AvgIpc) is 2.82. The highest BCUT2D eigenvalue weighted by atomic mass is 32.2. The smallest absolute Gasteiger partial charge is 0.216 e. The van der Waals surface area contributed by atoms with Crippen LogP contribution in [0.5, 0.6) is 0 Å². The first-order valence-electron chi connectivity index (χ1n) is 5.70. The minimum Gasteiger partial charge on any atom is -0.383 e. The molecule has 0 bridgehead atoms. The van der Waals surface area contributed by atoms with E-state index in [1.54, 1.807) is 31.2 Å². The van der Waals surface area contributed by atoms with E-state index >= 15 is 0 Å². The van der Waals surface area contributed by atoms with Crippen LogP contribution in [0.4, 0.5) is 0 Å². The molecule has 1 N–H and O–H groups in total. The highest BCUT2D eigenvalue weighted by molar-refractivity contribution is 7.99. The van der Waals surface area contributed by atoms with Gasteiger partial charge in [-0.1, -0.05) is 0 Å². The highest BCUT2D eigenvalue weighted by Crippen LogP contribution is 2.19. The van der Waals surface area contributed by atoms with E-state index in [0.29, 0.717) is 16.9 Å². The van der Waals surface area contributed by atoms with Crippen molar-refractivity contribution in [2.24, 2.45) is 7.05 Å². The molecule has 0 unspecified atom stereocenters. The summed E-state index contributed by atoms with van der Waals surface area (Å²) < 4.78 is 6.53. The Morgan fingerprint density at radius 2 is 2.16 bits per heavy atom. The SMILES string of the molecule is COCCNCc1cnc(Sc2nnnn2C)nc1. The van der Waals surface area contributed by atoms with Crippen molar-refractivity contribution >= 4 is 11.8 Å². The molecule has 2 heterocycles. The van der Waals surface area contributed by atoms with Crippen LogP contribution in [-0.2, 0) is 18.3 Å². The van der Waals surface area contributed by atoms with E-state index in [0.717, 1.165) is 18.7 Å². The third kappa shape index (κ3) is 4.23. The fraction of sp³-hybridized carbons (Fsp3) is 0.500. The number of aromatic nitrogens is 6. The number of nitrogens with one attached hydrogen (secondary N) is 1. The summed E-state index contributed by atoms with van der Waals surface area (Å²) in [6.07, 6.45) is 3.58. The molecule has 0 saturated carbocycles. The molecule has 0 aromatic carbocycles. The van der Waals surface area contributed by atoms with Gasteiger partial charge in [0, 0.05) is 45.2 Å². The van der Waals surface area contributed by atoms with E-state index < -0.39 is 0 Å². The monoisotopic (exact) mass is 281 g/mol. The standard InChI is InChI=1S/C10H15N7OS/c1-17-10(14-15-16-17)19-9-12-6-8(7-13-9)5-11-3-4-18-2/h6-7,11H,3-5H2,1-2H3. The summed E-state index contributed by atoms with van der Waals surface area (Å²) in [4.78, 5) is 8.53. The van der Waals surface area contributed by atoms with E-state index in [-0.39, 0.29) is 0 Å². The summed E-state index contributed by atoms with van der Waals surface area (Å²) >= 11 is 1.33. The van der Waals surface area contributed by atoms with Crippen molar-refractivity contribution in [1.29, 1.82) is 0 Å². The third-order valence-corrected chi connectivity index (χ3v) is 3.18. The zero-order valence-electron chi connectivity index (χ0n) is 10.8. The molecule has 0 aliphatic rings. The summed E-state index contributed by atoms with van der Waals surface area (Å²) in [5.74, 6) is 0. The number of nitrogens with zero attached hydrogens (tertiary/aromatic N) is 6. The minimum atomic E-state index is 0.624. The van der Waals surface area contributed by atoms with Gasteiger partial charge in [0.1, 0.15) is 0 Å². The molecule has 102 valence electrons. The zero-order valence-corrected chi connectivity index (χ0v) is 11.6.